The van der Waals surface area contributed by atoms with Gasteiger partial charge in [0.2, 0.25) is 5.91 Å². The summed E-state index contributed by atoms with van der Waals surface area (Å²) < 4.78 is 6.51. The first kappa shape index (κ1) is 25.3. The van der Waals surface area contributed by atoms with Gasteiger partial charge < -0.3 is 10.1 Å². The van der Waals surface area contributed by atoms with Gasteiger partial charge in [0.15, 0.2) is 0 Å². The molecule has 3 aromatic rings. The Morgan fingerprint density at radius 2 is 1.83 bits per heavy atom. The second-order valence-corrected chi connectivity index (χ2v) is 10.1. The number of hydrogen-bond acceptors (Lipinski definition) is 5. The molecule has 1 aliphatic heterocycles. The van der Waals surface area contributed by atoms with Crippen LogP contribution in [0.1, 0.15) is 11.1 Å². The second-order valence-electron chi connectivity index (χ2n) is 7.40. The van der Waals surface area contributed by atoms with Crippen LogP contribution >= 0.6 is 50.9 Å². The largest absolute Gasteiger partial charge is 0.489 e. The fourth-order valence-electron chi connectivity index (χ4n) is 3.18. The zero-order valence-electron chi connectivity index (χ0n) is 18.0. The van der Waals surface area contributed by atoms with Gasteiger partial charge in [-0.15, -0.1) is 0 Å². The number of ether oxygens (including phenoxy) is 1. The first-order valence-corrected chi connectivity index (χ1v) is 12.6. The minimum Gasteiger partial charge on any atom is -0.489 e. The lowest BCUT2D eigenvalue weighted by atomic mass is 10.2. The summed E-state index contributed by atoms with van der Waals surface area (Å²) in [5.74, 6) is -0.460. The summed E-state index contributed by atoms with van der Waals surface area (Å²) in [7, 11) is 0. The molecule has 0 spiro atoms. The molecule has 6 nitrogen and oxygen atoms in total. The van der Waals surface area contributed by atoms with E-state index in [9.17, 15) is 14.4 Å². The van der Waals surface area contributed by atoms with Crippen molar-refractivity contribution < 1.29 is 19.1 Å². The molecule has 35 heavy (non-hydrogen) atoms. The van der Waals surface area contributed by atoms with Crippen molar-refractivity contribution in [2.75, 3.05) is 11.9 Å². The van der Waals surface area contributed by atoms with Crippen LogP contribution in [-0.2, 0) is 16.2 Å². The van der Waals surface area contributed by atoms with E-state index in [1.165, 1.54) is 0 Å². The van der Waals surface area contributed by atoms with E-state index in [0.717, 1.165) is 22.2 Å². The summed E-state index contributed by atoms with van der Waals surface area (Å²) in [5, 5.41) is 3.16. The van der Waals surface area contributed by atoms with Gasteiger partial charge in [0.25, 0.3) is 11.1 Å². The van der Waals surface area contributed by atoms with Crippen molar-refractivity contribution in [2.45, 2.75) is 6.61 Å². The van der Waals surface area contributed by atoms with Crippen LogP contribution in [0.25, 0.3) is 6.08 Å². The van der Waals surface area contributed by atoms with Gasteiger partial charge in [0, 0.05) is 20.7 Å². The monoisotopic (exact) mass is 590 g/mol. The van der Waals surface area contributed by atoms with Crippen molar-refractivity contribution in [3.8, 4) is 5.75 Å². The van der Waals surface area contributed by atoms with E-state index in [1.807, 2.05) is 18.2 Å². The Bertz CT molecular complexity index is 1350. The number of rotatable bonds is 7. The van der Waals surface area contributed by atoms with Gasteiger partial charge in [-0.05, 0) is 75.7 Å². The van der Waals surface area contributed by atoms with Crippen LogP contribution in [0.2, 0.25) is 10.0 Å². The number of nitrogens with one attached hydrogen (secondary N) is 1. The van der Waals surface area contributed by atoms with Crippen LogP contribution < -0.4 is 10.1 Å². The summed E-state index contributed by atoms with van der Waals surface area (Å²) in [6.07, 6.45) is 1.60. The van der Waals surface area contributed by atoms with E-state index in [-0.39, 0.29) is 4.91 Å². The fraction of sp³-hybridized carbons (Fsp3) is 0.0800. The maximum Gasteiger partial charge on any atom is 0.294 e. The third-order valence-electron chi connectivity index (χ3n) is 4.89. The van der Waals surface area contributed by atoms with Crippen LogP contribution in [0.3, 0.4) is 0 Å². The third kappa shape index (κ3) is 6.46. The van der Waals surface area contributed by atoms with E-state index in [2.05, 4.69) is 21.2 Å². The number of halogens is 3. The van der Waals surface area contributed by atoms with E-state index < -0.39 is 23.6 Å². The van der Waals surface area contributed by atoms with Crippen LogP contribution in [0.15, 0.2) is 76.1 Å². The van der Waals surface area contributed by atoms with Crippen molar-refractivity contribution in [1.82, 2.24) is 4.90 Å². The topological polar surface area (TPSA) is 75.7 Å². The number of hydrogen-bond donors (Lipinski definition) is 1. The lowest BCUT2D eigenvalue weighted by molar-refractivity contribution is -0.127. The third-order valence-corrected chi connectivity index (χ3v) is 7.40. The molecule has 1 N–H and O–H groups in total. The number of imide groups is 1. The van der Waals surface area contributed by atoms with Crippen molar-refractivity contribution >= 4 is 79.7 Å². The minimum absolute atomic E-state index is 0.220. The Balaban J connectivity index is 1.40. The molecule has 1 aliphatic rings. The van der Waals surface area contributed by atoms with Gasteiger partial charge in [-0.1, -0.05) is 53.5 Å². The van der Waals surface area contributed by atoms with Crippen molar-refractivity contribution in [2.24, 2.45) is 0 Å². The fourth-order valence-corrected chi connectivity index (χ4v) is 4.63. The molecular weight excluding hydrogens is 575 g/mol. The zero-order chi connectivity index (χ0) is 24.9. The Morgan fingerprint density at radius 3 is 2.60 bits per heavy atom. The normalized spacial score (nSPS) is 14.5. The number of thioether (sulfide) groups is 1. The number of benzene rings is 3. The number of anilines is 1. The Labute approximate surface area is 224 Å². The Kier molecular flexibility index (Phi) is 8.18. The molecule has 0 radical (unpaired) electrons. The molecule has 0 aromatic heterocycles. The molecule has 178 valence electrons. The zero-order valence-corrected chi connectivity index (χ0v) is 21.9. The van der Waals surface area contributed by atoms with Crippen LogP contribution in [-0.4, -0.2) is 28.5 Å². The predicted octanol–water partition coefficient (Wildman–Crippen LogP) is 7.01. The molecule has 0 aliphatic carbocycles. The highest BCUT2D eigenvalue weighted by Gasteiger charge is 2.36. The first-order chi connectivity index (χ1) is 16.8. The summed E-state index contributed by atoms with van der Waals surface area (Å²) in [6.45, 7) is -0.116. The van der Waals surface area contributed by atoms with Gasteiger partial charge >= 0.3 is 0 Å². The highest BCUT2D eigenvalue weighted by atomic mass is 79.9. The molecule has 1 fully saturated rings. The van der Waals surface area contributed by atoms with Crippen LogP contribution in [0, 0.1) is 0 Å². The molecule has 0 saturated carbocycles. The van der Waals surface area contributed by atoms with E-state index in [0.29, 0.717) is 38.1 Å². The molecule has 4 rings (SSSR count). The number of carbonyl (C=O) groups is 3. The van der Waals surface area contributed by atoms with Gasteiger partial charge in [-0.25, -0.2) is 0 Å². The average Bonchev–Trinajstić information content (AvgIpc) is 3.08. The molecule has 1 saturated heterocycles. The smallest absolute Gasteiger partial charge is 0.294 e. The maximum atomic E-state index is 12.8. The van der Waals surface area contributed by atoms with Crippen molar-refractivity contribution in [1.29, 1.82) is 0 Å². The van der Waals surface area contributed by atoms with Gasteiger partial charge in [-0.3, -0.25) is 19.3 Å². The molecule has 3 aromatic carbocycles. The van der Waals surface area contributed by atoms with Gasteiger partial charge in [-0.2, -0.15) is 0 Å². The predicted molar refractivity (Wildman–Crippen MR) is 143 cm³/mol. The molecule has 1 heterocycles. The summed E-state index contributed by atoms with van der Waals surface area (Å²) in [4.78, 5) is 38.8. The summed E-state index contributed by atoms with van der Waals surface area (Å²) in [6, 6.07) is 19.4. The second kappa shape index (κ2) is 11.3. The van der Waals surface area contributed by atoms with E-state index >= 15 is 0 Å². The number of carbonyl (C=O) groups excluding carboxylic acids is 3. The Hall–Kier alpha value is -2.78. The first-order valence-electron chi connectivity index (χ1n) is 10.3. The number of amides is 3. The van der Waals surface area contributed by atoms with E-state index in [1.54, 1.807) is 54.6 Å². The van der Waals surface area contributed by atoms with Crippen LogP contribution in [0.4, 0.5) is 10.5 Å². The lowest BCUT2D eigenvalue weighted by Gasteiger charge is -2.12. The lowest BCUT2D eigenvalue weighted by Crippen LogP contribution is -2.36. The molecule has 0 bridgehead atoms. The van der Waals surface area contributed by atoms with Crippen molar-refractivity contribution in [3.63, 3.8) is 0 Å². The number of nitrogens with zero attached hydrogens (tertiary/aromatic N) is 1. The summed E-state index contributed by atoms with van der Waals surface area (Å²) in [5.41, 5.74) is 1.99. The SMILES string of the molecule is O=C(CN1C(=O)S/C(=C/c2cccc(OCc3ccccc3Cl)c2)C1=O)Nc1ccc(Br)c(Cl)c1. The molecular formula is C25H17BrCl2N2O4S. The van der Waals surface area contributed by atoms with Gasteiger partial charge in [0.1, 0.15) is 18.9 Å². The maximum absolute atomic E-state index is 12.8. The van der Waals surface area contributed by atoms with Crippen LogP contribution in [0.5, 0.6) is 5.75 Å². The van der Waals surface area contributed by atoms with E-state index in [4.69, 9.17) is 27.9 Å². The summed E-state index contributed by atoms with van der Waals surface area (Å²) >= 11 is 16.3. The van der Waals surface area contributed by atoms with Gasteiger partial charge in [0.05, 0.1) is 9.93 Å². The standard InChI is InChI=1S/C25H17BrCl2N2O4S/c26-19-9-8-17(12-21(19)28)29-23(31)13-30-24(32)22(35-25(30)33)11-15-4-3-6-18(10-15)34-14-16-5-1-2-7-20(16)27/h1-12H,13-14H2,(H,29,31)/b22-11+. The quantitative estimate of drug-likeness (QED) is 0.299. The highest BCUT2D eigenvalue weighted by Crippen LogP contribution is 2.33. The minimum atomic E-state index is -0.536. The Morgan fingerprint density at radius 1 is 1.03 bits per heavy atom. The molecule has 10 heteroatoms. The average molecular weight is 592 g/mol. The molecule has 0 atom stereocenters. The molecule has 3 amide bonds. The molecule has 0 unspecified atom stereocenters. The van der Waals surface area contributed by atoms with Crippen molar-refractivity contribution in [3.05, 3.63) is 97.3 Å². The highest BCUT2D eigenvalue weighted by molar-refractivity contribution is 9.10.